The van der Waals surface area contributed by atoms with Crippen LogP contribution in [0.5, 0.6) is 0 Å². The van der Waals surface area contributed by atoms with Crippen molar-refractivity contribution < 1.29 is 36.8 Å². The van der Waals surface area contributed by atoms with Gasteiger partial charge in [-0.3, -0.25) is 4.57 Å². The molecule has 1 rings (SSSR count). The summed E-state index contributed by atoms with van der Waals surface area (Å²) in [5, 5.41) is 0. The monoisotopic (exact) mass is 509 g/mol. The van der Waals surface area contributed by atoms with Crippen LogP contribution in [-0.4, -0.2) is 38.8 Å². The largest absolute Gasteiger partial charge is 0.504 e. The van der Waals surface area contributed by atoms with E-state index in [2.05, 4.69) is 37.4 Å². The van der Waals surface area contributed by atoms with Crippen molar-refractivity contribution in [3.05, 3.63) is 23.5 Å². The van der Waals surface area contributed by atoms with E-state index in [1.807, 2.05) is 4.95 Å². The Hall–Kier alpha value is -0.760. The van der Waals surface area contributed by atoms with Crippen LogP contribution in [0.3, 0.4) is 0 Å². The van der Waals surface area contributed by atoms with Crippen molar-refractivity contribution in [1.82, 2.24) is 9.55 Å². The summed E-state index contributed by atoms with van der Waals surface area (Å²) in [6.45, 7) is 5.02. The van der Waals surface area contributed by atoms with Crippen LogP contribution >= 0.6 is 33.5 Å². The van der Waals surface area contributed by atoms with Gasteiger partial charge in [0.15, 0.2) is 5.82 Å². The molecule has 0 amide bonds. The highest BCUT2D eigenvalue weighted by Gasteiger charge is 2.40. The SMILES string of the molecule is C=C(N)c1ncn(COCCOP(=S)(S)OP(=O)(N=O)OP(=O)(O)O)c1N=CC. The van der Waals surface area contributed by atoms with Crippen molar-refractivity contribution >= 4 is 63.0 Å². The molecule has 14 nitrogen and oxygen atoms in total. The summed E-state index contributed by atoms with van der Waals surface area (Å²) >= 11 is 8.58. The maximum Gasteiger partial charge on any atom is 0.504 e. The standard InChI is InChI=1S/C10H18N5O9P3S2/c1-3-12-10-9(8(2)11)13-6-15(10)7-21-4-5-22-27(28,29)24-25(17,14-16)23-26(18,19)20/h3,6H,2,4-5,7,11H2,1H3,(H,28,29)(H2,18,19,20). The second kappa shape index (κ2) is 11.0. The molecule has 2 unspecified atom stereocenters. The molecule has 0 bridgehead atoms. The molecule has 0 saturated heterocycles. The van der Waals surface area contributed by atoms with Crippen LogP contribution in [0.15, 0.2) is 22.8 Å². The van der Waals surface area contributed by atoms with Crippen molar-refractivity contribution in [3.63, 3.8) is 0 Å². The zero-order valence-electron chi connectivity index (χ0n) is 14.8. The van der Waals surface area contributed by atoms with E-state index in [1.165, 1.54) is 12.5 Å². The Labute approximate surface area is 175 Å². The molecule has 19 heteroatoms. The molecule has 0 aliphatic carbocycles. The number of aliphatic imine (C=N–C) groups is 1. The molecule has 164 valence electrons. The van der Waals surface area contributed by atoms with Gasteiger partial charge in [-0.2, -0.15) is 4.31 Å². The first-order chi connectivity index (χ1) is 13.3. The third kappa shape index (κ3) is 9.28. The molecule has 1 aromatic heterocycles. The van der Waals surface area contributed by atoms with E-state index in [9.17, 15) is 14.0 Å². The average molecular weight is 509 g/mol. The lowest BCUT2D eigenvalue weighted by atomic mass is 10.3. The Morgan fingerprint density at radius 1 is 1.45 bits per heavy atom. The van der Waals surface area contributed by atoms with Gasteiger partial charge in [-0.05, 0) is 18.7 Å². The number of hydrogen-bond donors (Lipinski definition) is 4. The lowest BCUT2D eigenvalue weighted by Gasteiger charge is -2.19. The predicted molar refractivity (Wildman–Crippen MR) is 112 cm³/mol. The first-order valence-corrected chi connectivity index (χ1v) is 14.1. The zero-order chi connectivity index (χ0) is 22.3. The third-order valence-corrected chi connectivity index (χ3v) is 8.55. The molecule has 1 aromatic rings. The lowest BCUT2D eigenvalue weighted by molar-refractivity contribution is 0.0559. The highest BCUT2D eigenvalue weighted by atomic mass is 32.9. The molecular formula is C10H18N5O9P3S2. The number of phosphoric acid groups is 1. The van der Waals surface area contributed by atoms with E-state index in [0.29, 0.717) is 11.5 Å². The minimum atomic E-state index is -5.34. The fourth-order valence-electron chi connectivity index (χ4n) is 1.66. The fourth-order valence-corrected chi connectivity index (χ4v) is 6.96. The quantitative estimate of drug-likeness (QED) is 0.0998. The van der Waals surface area contributed by atoms with E-state index < -0.39 is 21.3 Å². The van der Waals surface area contributed by atoms with E-state index in [-0.39, 0.29) is 25.6 Å². The number of imidazole rings is 1. The number of nitroso groups, excluding NO2 is 1. The summed E-state index contributed by atoms with van der Waals surface area (Å²) in [5.41, 5.74) is 2.55. The number of thiol groups is 1. The van der Waals surface area contributed by atoms with Gasteiger partial charge in [0.05, 0.1) is 25.2 Å². The highest BCUT2D eigenvalue weighted by molar-refractivity contribution is 8.60. The first-order valence-electron chi connectivity index (χ1n) is 7.29. The molecule has 29 heavy (non-hydrogen) atoms. The number of nitrogens with zero attached hydrogens (tertiary/aromatic N) is 4. The molecule has 4 N–H and O–H groups in total. The Bertz CT molecular complexity index is 917. The van der Waals surface area contributed by atoms with E-state index in [4.69, 9.17) is 36.6 Å². The van der Waals surface area contributed by atoms with Gasteiger partial charge in [-0.15, -0.1) is 4.91 Å². The Morgan fingerprint density at radius 3 is 2.62 bits per heavy atom. The highest BCUT2D eigenvalue weighted by Crippen LogP contribution is 2.72. The van der Waals surface area contributed by atoms with E-state index in [1.54, 1.807) is 11.5 Å². The fraction of sp³-hybridized carbons (Fsp3) is 0.400. The molecule has 0 saturated carbocycles. The van der Waals surface area contributed by atoms with Gasteiger partial charge in [-0.1, -0.05) is 18.8 Å². The van der Waals surface area contributed by atoms with Crippen LogP contribution in [-0.2, 0) is 45.5 Å². The Kier molecular flexibility index (Phi) is 9.99. The lowest BCUT2D eigenvalue weighted by Crippen LogP contribution is -2.07. The van der Waals surface area contributed by atoms with Gasteiger partial charge < -0.3 is 24.8 Å². The maximum atomic E-state index is 11.8. The molecule has 0 spiro atoms. The Balaban J connectivity index is 2.59. The van der Waals surface area contributed by atoms with Crippen molar-refractivity contribution in [2.45, 2.75) is 13.7 Å². The molecule has 2 atom stereocenters. The van der Waals surface area contributed by atoms with Gasteiger partial charge in [0, 0.05) is 11.2 Å². The normalized spacial score (nSPS) is 16.4. The van der Waals surface area contributed by atoms with Gasteiger partial charge >= 0.3 is 15.6 Å². The summed E-state index contributed by atoms with van der Waals surface area (Å²) in [7, 11) is -10.4. The van der Waals surface area contributed by atoms with Gasteiger partial charge in [0.25, 0.3) is 5.69 Å². The van der Waals surface area contributed by atoms with Crippen molar-refractivity contribution in [2.75, 3.05) is 13.2 Å². The Morgan fingerprint density at radius 2 is 2.10 bits per heavy atom. The van der Waals surface area contributed by atoms with Gasteiger partial charge in [0.2, 0.25) is 0 Å². The van der Waals surface area contributed by atoms with Crippen LogP contribution in [0, 0.1) is 4.91 Å². The average Bonchev–Trinajstić information content (AvgIpc) is 2.95. The maximum absolute atomic E-state index is 11.8. The first kappa shape index (κ1) is 26.3. The molecular weight excluding hydrogens is 491 g/mol. The van der Waals surface area contributed by atoms with Crippen LogP contribution < -0.4 is 5.73 Å². The van der Waals surface area contributed by atoms with Crippen LogP contribution in [0.1, 0.15) is 12.6 Å². The van der Waals surface area contributed by atoms with Crippen LogP contribution in [0.4, 0.5) is 5.82 Å². The molecule has 0 aliphatic rings. The van der Waals surface area contributed by atoms with Gasteiger partial charge in [-0.25, -0.2) is 23.4 Å². The minimum absolute atomic E-state index is 0.00230. The summed E-state index contributed by atoms with van der Waals surface area (Å²) in [5.74, 6) is 0.427. The summed E-state index contributed by atoms with van der Waals surface area (Å²) in [6, 6.07) is 0. The van der Waals surface area contributed by atoms with Crippen molar-refractivity contribution in [3.8, 4) is 0 Å². The summed E-state index contributed by atoms with van der Waals surface area (Å²) < 4.78 is 42.7. The topological polar surface area (TPSA) is 197 Å². The smallest absolute Gasteiger partial charge is 0.397 e. The van der Waals surface area contributed by atoms with Gasteiger partial charge in [0.1, 0.15) is 12.4 Å². The van der Waals surface area contributed by atoms with Crippen molar-refractivity contribution in [1.29, 1.82) is 0 Å². The molecule has 0 aliphatic heterocycles. The number of nitrogens with two attached hydrogens (primary N) is 1. The number of hydrogen-bond acceptors (Lipinski definition) is 11. The van der Waals surface area contributed by atoms with E-state index >= 15 is 0 Å². The number of rotatable bonds is 13. The molecule has 0 aromatic carbocycles. The number of aromatic nitrogens is 2. The molecule has 1 heterocycles. The zero-order valence-corrected chi connectivity index (χ0v) is 19.2. The second-order valence-electron chi connectivity index (χ2n) is 4.84. The third-order valence-electron chi connectivity index (χ3n) is 2.59. The molecule has 0 radical (unpaired) electrons. The number of ether oxygens (including phenoxy) is 1. The van der Waals surface area contributed by atoms with Crippen LogP contribution in [0.2, 0.25) is 0 Å². The molecule has 0 fully saturated rings. The predicted octanol–water partition coefficient (Wildman–Crippen LogP) is 2.68. The van der Waals surface area contributed by atoms with Crippen molar-refractivity contribution in [2.24, 2.45) is 15.7 Å². The second-order valence-corrected chi connectivity index (χ2v) is 13.3. The summed E-state index contributed by atoms with van der Waals surface area (Å²) in [4.78, 5) is 38.0. The van der Waals surface area contributed by atoms with Crippen LogP contribution in [0.25, 0.3) is 5.70 Å². The van der Waals surface area contributed by atoms with E-state index in [0.717, 1.165) is 0 Å². The summed E-state index contributed by atoms with van der Waals surface area (Å²) in [6.07, 6.45) is 2.98. The minimum Gasteiger partial charge on any atom is -0.397 e.